The minimum Gasteiger partial charge on any atom is -0.326 e. The number of benzene rings is 2. The van der Waals surface area contributed by atoms with E-state index < -0.39 is 0 Å². The van der Waals surface area contributed by atoms with Crippen molar-refractivity contribution in [3.8, 4) is 0 Å². The quantitative estimate of drug-likeness (QED) is 0.588. The first-order chi connectivity index (χ1) is 12.0. The van der Waals surface area contributed by atoms with Crippen molar-refractivity contribution in [1.82, 2.24) is 0 Å². The third kappa shape index (κ3) is 3.79. The predicted molar refractivity (Wildman–Crippen MR) is 105 cm³/mol. The Morgan fingerprint density at radius 3 is 2.56 bits per heavy atom. The summed E-state index contributed by atoms with van der Waals surface area (Å²) in [7, 11) is 0. The van der Waals surface area contributed by atoms with Crippen LogP contribution in [0.5, 0.6) is 0 Å². The van der Waals surface area contributed by atoms with E-state index >= 15 is 0 Å². The van der Waals surface area contributed by atoms with Crippen LogP contribution in [0.1, 0.15) is 23.0 Å². The Balaban J connectivity index is 1.88. The van der Waals surface area contributed by atoms with E-state index in [1.54, 1.807) is 25.1 Å². The molecule has 0 radical (unpaired) electrons. The second kappa shape index (κ2) is 7.44. The lowest BCUT2D eigenvalue weighted by Crippen LogP contribution is -2.13. The van der Waals surface area contributed by atoms with Gasteiger partial charge in [-0.15, -0.1) is 11.3 Å². The van der Waals surface area contributed by atoms with Gasteiger partial charge in [-0.3, -0.25) is 9.59 Å². The van der Waals surface area contributed by atoms with E-state index in [2.05, 4.69) is 10.6 Å². The summed E-state index contributed by atoms with van der Waals surface area (Å²) in [6.07, 6.45) is 0.363. The van der Waals surface area contributed by atoms with E-state index in [1.807, 2.05) is 24.3 Å². The number of halogens is 2. The Morgan fingerprint density at radius 1 is 1.08 bits per heavy atom. The number of fused-ring (bicyclic) bond motifs is 1. The number of nitrogens with one attached hydrogen (secondary N) is 2. The molecule has 0 unspecified atom stereocenters. The van der Waals surface area contributed by atoms with Crippen molar-refractivity contribution in [2.75, 3.05) is 10.6 Å². The second-order valence-electron chi connectivity index (χ2n) is 5.29. The maximum atomic E-state index is 12.6. The van der Waals surface area contributed by atoms with Gasteiger partial charge < -0.3 is 10.6 Å². The van der Waals surface area contributed by atoms with Gasteiger partial charge in [0.1, 0.15) is 4.88 Å². The molecule has 7 heteroatoms. The zero-order valence-electron chi connectivity index (χ0n) is 13.2. The maximum Gasteiger partial charge on any atom is 0.267 e. The molecule has 2 amide bonds. The van der Waals surface area contributed by atoms with Crippen LogP contribution in [-0.2, 0) is 4.79 Å². The van der Waals surface area contributed by atoms with Crippen LogP contribution in [0.3, 0.4) is 0 Å². The van der Waals surface area contributed by atoms with Crippen molar-refractivity contribution in [2.24, 2.45) is 0 Å². The average molecular weight is 393 g/mol. The lowest BCUT2D eigenvalue weighted by atomic mass is 10.2. The molecule has 1 heterocycles. The highest BCUT2D eigenvalue weighted by Gasteiger charge is 2.18. The molecule has 0 saturated carbocycles. The Morgan fingerprint density at radius 2 is 1.84 bits per heavy atom. The zero-order chi connectivity index (χ0) is 18.0. The van der Waals surface area contributed by atoms with E-state index in [0.717, 1.165) is 10.1 Å². The molecule has 0 saturated heterocycles. The number of anilines is 2. The molecular formula is C18H14Cl2N2O2S. The van der Waals surface area contributed by atoms with Crippen molar-refractivity contribution >= 4 is 67.8 Å². The van der Waals surface area contributed by atoms with E-state index in [-0.39, 0.29) is 11.8 Å². The van der Waals surface area contributed by atoms with Crippen molar-refractivity contribution in [1.29, 1.82) is 0 Å². The van der Waals surface area contributed by atoms with Crippen LogP contribution in [0.4, 0.5) is 11.4 Å². The molecule has 0 aliphatic carbocycles. The number of carbonyl (C=O) groups excluding carboxylic acids is 2. The molecule has 1 aromatic heterocycles. The van der Waals surface area contributed by atoms with Gasteiger partial charge in [-0.05, 0) is 24.3 Å². The number of hydrogen-bond acceptors (Lipinski definition) is 3. The maximum absolute atomic E-state index is 12.6. The Bertz CT molecular complexity index is 969. The van der Waals surface area contributed by atoms with Gasteiger partial charge in [-0.1, -0.05) is 48.3 Å². The summed E-state index contributed by atoms with van der Waals surface area (Å²) >= 11 is 13.8. The van der Waals surface area contributed by atoms with Gasteiger partial charge in [0.05, 0.1) is 15.7 Å². The number of amides is 2. The number of rotatable bonds is 4. The zero-order valence-corrected chi connectivity index (χ0v) is 15.6. The molecule has 0 aliphatic heterocycles. The van der Waals surface area contributed by atoms with Crippen LogP contribution in [0.15, 0.2) is 42.5 Å². The lowest BCUT2D eigenvalue weighted by molar-refractivity contribution is -0.115. The molecule has 0 fully saturated rings. The smallest absolute Gasteiger partial charge is 0.267 e. The minimum absolute atomic E-state index is 0.118. The summed E-state index contributed by atoms with van der Waals surface area (Å²) < 4.78 is 0.938. The standard InChI is InChI=1S/C18H14Cl2N2O2S/c1-2-15(23)21-10-7-8-12(19)13(9-10)22-18(24)17-16(20)11-5-3-4-6-14(11)25-17/h3-9H,2H2,1H3,(H,21,23)(H,22,24). The summed E-state index contributed by atoms with van der Waals surface area (Å²) in [5.41, 5.74) is 0.975. The average Bonchev–Trinajstić information content (AvgIpc) is 2.95. The van der Waals surface area contributed by atoms with Crippen LogP contribution >= 0.6 is 34.5 Å². The minimum atomic E-state index is -0.341. The molecule has 2 aromatic carbocycles. The van der Waals surface area contributed by atoms with Gasteiger partial charge >= 0.3 is 0 Å². The van der Waals surface area contributed by atoms with Gasteiger partial charge in [0, 0.05) is 22.2 Å². The van der Waals surface area contributed by atoms with Gasteiger partial charge in [-0.25, -0.2) is 0 Å². The number of thiophene rings is 1. The summed E-state index contributed by atoms with van der Waals surface area (Å²) in [6.45, 7) is 1.76. The SMILES string of the molecule is CCC(=O)Nc1ccc(Cl)c(NC(=O)c2sc3ccccc3c2Cl)c1. The molecule has 128 valence electrons. The third-order valence-electron chi connectivity index (χ3n) is 3.56. The van der Waals surface area contributed by atoms with Gasteiger partial charge in [0.25, 0.3) is 5.91 Å². The highest BCUT2D eigenvalue weighted by Crippen LogP contribution is 2.36. The number of hydrogen-bond donors (Lipinski definition) is 2. The van der Waals surface area contributed by atoms with Gasteiger partial charge in [0.2, 0.25) is 5.91 Å². The molecule has 2 N–H and O–H groups in total. The first-order valence-electron chi connectivity index (χ1n) is 7.57. The molecule has 0 aliphatic rings. The topological polar surface area (TPSA) is 58.2 Å². The van der Waals surface area contributed by atoms with Crippen LogP contribution in [0, 0.1) is 0 Å². The molecule has 25 heavy (non-hydrogen) atoms. The fourth-order valence-electron chi connectivity index (χ4n) is 2.29. The first kappa shape index (κ1) is 17.7. The molecule has 3 rings (SSSR count). The Kier molecular flexibility index (Phi) is 5.27. The predicted octanol–water partition coefficient (Wildman–Crippen LogP) is 5.81. The van der Waals surface area contributed by atoms with Crippen LogP contribution in [-0.4, -0.2) is 11.8 Å². The number of carbonyl (C=O) groups is 2. The normalized spacial score (nSPS) is 10.7. The van der Waals surface area contributed by atoms with E-state index in [9.17, 15) is 9.59 Å². The lowest BCUT2D eigenvalue weighted by Gasteiger charge is -2.10. The molecule has 4 nitrogen and oxygen atoms in total. The van der Waals surface area contributed by atoms with Crippen molar-refractivity contribution in [2.45, 2.75) is 13.3 Å². The van der Waals surface area contributed by atoms with Crippen molar-refractivity contribution < 1.29 is 9.59 Å². The first-order valence-corrected chi connectivity index (χ1v) is 9.14. The molecular weight excluding hydrogens is 379 g/mol. The molecule has 0 spiro atoms. The van der Waals surface area contributed by atoms with Gasteiger partial charge in [0.15, 0.2) is 0 Å². The summed E-state index contributed by atoms with van der Waals surface area (Å²) in [6, 6.07) is 12.5. The fourth-order valence-corrected chi connectivity index (χ4v) is 3.86. The van der Waals surface area contributed by atoms with E-state index in [0.29, 0.717) is 32.7 Å². The Hall–Kier alpha value is -2.08. The van der Waals surface area contributed by atoms with Crippen molar-refractivity contribution in [3.05, 3.63) is 57.4 Å². The monoisotopic (exact) mass is 392 g/mol. The second-order valence-corrected chi connectivity index (χ2v) is 7.13. The van der Waals surface area contributed by atoms with Crippen LogP contribution < -0.4 is 10.6 Å². The highest BCUT2D eigenvalue weighted by atomic mass is 35.5. The Labute approximate surface area is 158 Å². The summed E-state index contributed by atoms with van der Waals surface area (Å²) in [5.74, 6) is -0.459. The van der Waals surface area contributed by atoms with Crippen molar-refractivity contribution in [3.63, 3.8) is 0 Å². The molecule has 0 bridgehead atoms. The van der Waals surface area contributed by atoms with E-state index in [4.69, 9.17) is 23.2 Å². The largest absolute Gasteiger partial charge is 0.326 e. The third-order valence-corrected chi connectivity index (χ3v) is 5.56. The summed E-state index contributed by atoms with van der Waals surface area (Å²) in [5, 5.41) is 7.13. The fraction of sp³-hybridized carbons (Fsp3) is 0.111. The van der Waals surface area contributed by atoms with E-state index in [1.165, 1.54) is 11.3 Å². The molecule has 0 atom stereocenters. The molecule has 3 aromatic rings. The summed E-state index contributed by atoms with van der Waals surface area (Å²) in [4.78, 5) is 24.6. The van der Waals surface area contributed by atoms with Crippen LogP contribution in [0.2, 0.25) is 10.0 Å². The van der Waals surface area contributed by atoms with Gasteiger partial charge in [-0.2, -0.15) is 0 Å². The highest BCUT2D eigenvalue weighted by molar-refractivity contribution is 7.21. The van der Waals surface area contributed by atoms with Crippen LogP contribution in [0.25, 0.3) is 10.1 Å².